The number of nitro benzene ring substituents is 1. The van der Waals surface area contributed by atoms with E-state index in [1.807, 2.05) is 0 Å². The van der Waals surface area contributed by atoms with Crippen LogP contribution < -0.4 is 0 Å². The van der Waals surface area contributed by atoms with Gasteiger partial charge in [-0.25, -0.2) is 0 Å². The second-order valence-corrected chi connectivity index (χ2v) is 4.67. The van der Waals surface area contributed by atoms with Gasteiger partial charge in [-0.1, -0.05) is 11.6 Å². The first kappa shape index (κ1) is 15.4. The molecule has 104 valence electrons. The predicted molar refractivity (Wildman–Crippen MR) is 71.4 cm³/mol. The highest BCUT2D eigenvalue weighted by molar-refractivity contribution is 6.31. The number of nitrogens with zero attached hydrogens (tertiary/aromatic N) is 2. The average molecular weight is 287 g/mol. The van der Waals surface area contributed by atoms with E-state index < -0.39 is 10.8 Å². The fraction of sp³-hybridized carbons (Fsp3) is 0.417. The fourth-order valence-corrected chi connectivity index (χ4v) is 1.87. The third-order valence-electron chi connectivity index (χ3n) is 2.61. The normalized spacial score (nSPS) is 10.6. The molecule has 0 heterocycles. The Balaban J connectivity index is 3.23. The Kier molecular flexibility index (Phi) is 5.26. The number of amides is 1. The summed E-state index contributed by atoms with van der Waals surface area (Å²) in [5.41, 5.74) is -0.363. The van der Waals surface area contributed by atoms with E-state index in [0.29, 0.717) is 0 Å². The van der Waals surface area contributed by atoms with Gasteiger partial charge in [0.25, 0.3) is 11.6 Å². The van der Waals surface area contributed by atoms with E-state index in [9.17, 15) is 14.9 Å². The molecular formula is C12H15ClN2O4. The molecule has 19 heavy (non-hydrogen) atoms. The highest BCUT2D eigenvalue weighted by Gasteiger charge is 2.26. The van der Waals surface area contributed by atoms with Crippen LogP contribution in [-0.2, 0) is 0 Å². The molecule has 0 radical (unpaired) electrons. The number of rotatable bonds is 5. The lowest BCUT2D eigenvalue weighted by atomic mass is 10.1. The van der Waals surface area contributed by atoms with Crippen molar-refractivity contribution < 1.29 is 14.8 Å². The van der Waals surface area contributed by atoms with Crippen LogP contribution in [0.3, 0.4) is 0 Å². The van der Waals surface area contributed by atoms with Crippen LogP contribution in [0.4, 0.5) is 5.69 Å². The Labute approximate surface area is 115 Å². The van der Waals surface area contributed by atoms with Crippen LogP contribution in [0, 0.1) is 10.1 Å². The van der Waals surface area contributed by atoms with E-state index in [0.717, 1.165) is 0 Å². The number of benzene rings is 1. The Hall–Kier alpha value is -1.66. The van der Waals surface area contributed by atoms with Crippen molar-refractivity contribution in [1.82, 2.24) is 4.90 Å². The number of aliphatic hydroxyl groups is 1. The number of nitro groups is 1. The van der Waals surface area contributed by atoms with Crippen LogP contribution >= 0.6 is 11.6 Å². The highest BCUT2D eigenvalue weighted by Crippen LogP contribution is 2.24. The van der Waals surface area contributed by atoms with Crippen molar-refractivity contribution in [2.24, 2.45) is 0 Å². The van der Waals surface area contributed by atoms with E-state index in [2.05, 4.69) is 0 Å². The maximum Gasteiger partial charge on any atom is 0.282 e. The summed E-state index contributed by atoms with van der Waals surface area (Å²) in [5.74, 6) is -0.516. The smallest absolute Gasteiger partial charge is 0.282 e. The fourth-order valence-electron chi connectivity index (χ4n) is 1.70. The quantitative estimate of drug-likeness (QED) is 0.663. The van der Waals surface area contributed by atoms with Gasteiger partial charge in [-0.05, 0) is 26.0 Å². The molecule has 0 fully saturated rings. The van der Waals surface area contributed by atoms with E-state index >= 15 is 0 Å². The predicted octanol–water partition coefficient (Wildman–Crippen LogP) is 2.09. The van der Waals surface area contributed by atoms with Crippen LogP contribution in [0.15, 0.2) is 18.2 Å². The third-order valence-corrected chi connectivity index (χ3v) is 2.85. The zero-order valence-electron chi connectivity index (χ0n) is 10.7. The summed E-state index contributed by atoms with van der Waals surface area (Å²) >= 11 is 5.78. The molecule has 1 N–H and O–H groups in total. The zero-order valence-corrected chi connectivity index (χ0v) is 11.4. The van der Waals surface area contributed by atoms with Gasteiger partial charge in [-0.15, -0.1) is 0 Å². The van der Waals surface area contributed by atoms with Crippen LogP contribution in [0.25, 0.3) is 0 Å². The summed E-state index contributed by atoms with van der Waals surface area (Å²) in [4.78, 5) is 24.0. The standard InChI is InChI=1S/C12H15ClN2O4/c1-8(2)14(5-6-16)12(17)10-7-9(13)3-4-11(10)15(18)19/h3-4,7-8,16H,5-6H2,1-2H3. The Bertz CT molecular complexity index is 491. The number of hydrogen-bond acceptors (Lipinski definition) is 4. The van der Waals surface area contributed by atoms with Gasteiger partial charge in [0.15, 0.2) is 0 Å². The molecule has 1 aromatic carbocycles. The molecule has 0 aromatic heterocycles. The Morgan fingerprint density at radius 2 is 2.16 bits per heavy atom. The van der Waals surface area contributed by atoms with E-state index in [1.165, 1.54) is 23.1 Å². The number of halogens is 1. The first-order valence-electron chi connectivity index (χ1n) is 5.74. The summed E-state index contributed by atoms with van der Waals surface area (Å²) < 4.78 is 0. The molecule has 0 aliphatic heterocycles. The molecular weight excluding hydrogens is 272 g/mol. The molecule has 0 spiro atoms. The minimum absolute atomic E-state index is 0.0698. The summed E-state index contributed by atoms with van der Waals surface area (Å²) in [6.45, 7) is 3.44. The Morgan fingerprint density at radius 3 is 2.63 bits per heavy atom. The van der Waals surface area contributed by atoms with Crippen molar-refractivity contribution in [2.75, 3.05) is 13.2 Å². The number of carbonyl (C=O) groups is 1. The Morgan fingerprint density at radius 1 is 1.53 bits per heavy atom. The molecule has 1 rings (SSSR count). The highest BCUT2D eigenvalue weighted by atomic mass is 35.5. The average Bonchev–Trinajstić information content (AvgIpc) is 2.34. The van der Waals surface area contributed by atoms with Gasteiger partial charge in [0.2, 0.25) is 0 Å². The molecule has 7 heteroatoms. The summed E-state index contributed by atoms with van der Waals surface area (Å²) in [5, 5.41) is 20.1. The second-order valence-electron chi connectivity index (χ2n) is 4.23. The summed E-state index contributed by atoms with van der Waals surface area (Å²) in [6, 6.07) is 3.66. The van der Waals surface area contributed by atoms with E-state index in [1.54, 1.807) is 13.8 Å². The van der Waals surface area contributed by atoms with Crippen molar-refractivity contribution in [2.45, 2.75) is 19.9 Å². The molecule has 0 aliphatic rings. The first-order valence-corrected chi connectivity index (χ1v) is 6.12. The molecule has 6 nitrogen and oxygen atoms in total. The lowest BCUT2D eigenvalue weighted by Gasteiger charge is -2.25. The van der Waals surface area contributed by atoms with Gasteiger partial charge in [-0.2, -0.15) is 0 Å². The van der Waals surface area contributed by atoms with Gasteiger partial charge < -0.3 is 10.0 Å². The number of carbonyl (C=O) groups excluding carboxylic acids is 1. The van der Waals surface area contributed by atoms with Gasteiger partial charge in [0.05, 0.1) is 11.5 Å². The molecule has 0 unspecified atom stereocenters. The maximum absolute atomic E-state index is 12.3. The van der Waals surface area contributed by atoms with Gasteiger partial charge in [0.1, 0.15) is 5.56 Å². The lowest BCUT2D eigenvalue weighted by Crippen LogP contribution is -2.39. The third kappa shape index (κ3) is 3.65. The lowest BCUT2D eigenvalue weighted by molar-refractivity contribution is -0.385. The maximum atomic E-state index is 12.3. The van der Waals surface area contributed by atoms with E-state index in [-0.39, 0.29) is 35.5 Å². The topological polar surface area (TPSA) is 83.7 Å². The minimum atomic E-state index is -0.624. The number of aliphatic hydroxyl groups excluding tert-OH is 1. The van der Waals surface area contributed by atoms with Crippen molar-refractivity contribution in [3.05, 3.63) is 38.9 Å². The second kappa shape index (κ2) is 6.49. The minimum Gasteiger partial charge on any atom is -0.395 e. The van der Waals surface area contributed by atoms with Crippen LogP contribution in [0.5, 0.6) is 0 Å². The zero-order chi connectivity index (χ0) is 14.6. The summed E-state index contributed by atoms with van der Waals surface area (Å²) in [6.07, 6.45) is 0. The molecule has 1 amide bonds. The van der Waals surface area contributed by atoms with Crippen LogP contribution in [-0.4, -0.2) is 40.0 Å². The van der Waals surface area contributed by atoms with Gasteiger partial charge >= 0.3 is 0 Å². The molecule has 0 saturated carbocycles. The molecule has 0 aliphatic carbocycles. The molecule has 0 bridgehead atoms. The largest absolute Gasteiger partial charge is 0.395 e. The summed E-state index contributed by atoms with van der Waals surface area (Å²) in [7, 11) is 0. The van der Waals surface area contributed by atoms with E-state index in [4.69, 9.17) is 16.7 Å². The van der Waals surface area contributed by atoms with Gasteiger partial charge in [0, 0.05) is 23.7 Å². The van der Waals surface area contributed by atoms with Crippen molar-refractivity contribution in [1.29, 1.82) is 0 Å². The number of hydrogen-bond donors (Lipinski definition) is 1. The molecule has 0 atom stereocenters. The molecule has 1 aromatic rings. The van der Waals surface area contributed by atoms with Crippen LogP contribution in [0.1, 0.15) is 24.2 Å². The SMILES string of the molecule is CC(C)N(CCO)C(=O)c1cc(Cl)ccc1[N+](=O)[O-]. The van der Waals surface area contributed by atoms with Crippen molar-refractivity contribution in [3.8, 4) is 0 Å². The van der Waals surface area contributed by atoms with Crippen molar-refractivity contribution >= 4 is 23.2 Å². The van der Waals surface area contributed by atoms with Crippen molar-refractivity contribution in [3.63, 3.8) is 0 Å². The first-order chi connectivity index (χ1) is 8.88. The van der Waals surface area contributed by atoms with Crippen LogP contribution in [0.2, 0.25) is 5.02 Å². The molecule has 0 saturated heterocycles. The monoisotopic (exact) mass is 286 g/mol. The van der Waals surface area contributed by atoms with Gasteiger partial charge in [-0.3, -0.25) is 14.9 Å².